The lowest BCUT2D eigenvalue weighted by atomic mass is 10.1. The fourth-order valence-corrected chi connectivity index (χ4v) is 2.48. The van der Waals surface area contributed by atoms with Crippen molar-refractivity contribution in [2.24, 2.45) is 5.92 Å². The first-order chi connectivity index (χ1) is 8.58. The summed E-state index contributed by atoms with van der Waals surface area (Å²) in [6.07, 6.45) is 2.87. The number of carbonyl (C=O) groups excluding carboxylic acids is 2. The molecule has 2 fully saturated rings. The standard InChI is InChI=1S/C12H18N2O4/c15-10-3-1-2-5-13(10)8-11(16)14-6-4-9(7-14)12(17)18/h9H,1-8H2,(H,17,18). The number of carboxylic acid groups (broad SMARTS) is 1. The van der Waals surface area contributed by atoms with E-state index < -0.39 is 11.9 Å². The number of aliphatic carboxylic acids is 1. The number of carboxylic acids is 1. The van der Waals surface area contributed by atoms with Crippen molar-refractivity contribution in [3.8, 4) is 0 Å². The molecule has 18 heavy (non-hydrogen) atoms. The summed E-state index contributed by atoms with van der Waals surface area (Å²) < 4.78 is 0. The molecule has 2 aliphatic heterocycles. The Hall–Kier alpha value is -1.59. The van der Waals surface area contributed by atoms with Crippen molar-refractivity contribution in [1.82, 2.24) is 9.80 Å². The lowest BCUT2D eigenvalue weighted by Crippen LogP contribution is -2.44. The predicted molar refractivity (Wildman–Crippen MR) is 62.8 cm³/mol. The highest BCUT2D eigenvalue weighted by atomic mass is 16.4. The van der Waals surface area contributed by atoms with Gasteiger partial charge in [-0.05, 0) is 19.3 Å². The van der Waals surface area contributed by atoms with Gasteiger partial charge in [0.25, 0.3) is 0 Å². The first-order valence-electron chi connectivity index (χ1n) is 6.36. The molecule has 2 saturated heterocycles. The maximum Gasteiger partial charge on any atom is 0.308 e. The molecule has 2 heterocycles. The number of likely N-dealkylation sites (tertiary alicyclic amines) is 2. The third-order valence-electron chi connectivity index (χ3n) is 3.64. The molecular formula is C12H18N2O4. The van der Waals surface area contributed by atoms with Crippen LogP contribution in [-0.4, -0.2) is 58.9 Å². The summed E-state index contributed by atoms with van der Waals surface area (Å²) in [7, 11) is 0. The van der Waals surface area contributed by atoms with E-state index in [4.69, 9.17) is 5.11 Å². The molecule has 0 aromatic carbocycles. The molecule has 2 amide bonds. The second-order valence-electron chi connectivity index (χ2n) is 4.94. The summed E-state index contributed by atoms with van der Waals surface area (Å²) in [6, 6.07) is 0. The van der Waals surface area contributed by atoms with Gasteiger partial charge in [-0.3, -0.25) is 14.4 Å². The minimum absolute atomic E-state index is 0.0311. The second kappa shape index (κ2) is 5.37. The van der Waals surface area contributed by atoms with Crippen molar-refractivity contribution < 1.29 is 19.5 Å². The minimum Gasteiger partial charge on any atom is -0.481 e. The number of piperidine rings is 1. The zero-order valence-electron chi connectivity index (χ0n) is 10.3. The van der Waals surface area contributed by atoms with Gasteiger partial charge in [0, 0.05) is 26.1 Å². The predicted octanol–water partition coefficient (Wildman–Crippen LogP) is -0.0680. The van der Waals surface area contributed by atoms with E-state index in [2.05, 4.69) is 0 Å². The van der Waals surface area contributed by atoms with Gasteiger partial charge in [0.2, 0.25) is 11.8 Å². The van der Waals surface area contributed by atoms with Gasteiger partial charge in [0.05, 0.1) is 12.5 Å². The van der Waals surface area contributed by atoms with Gasteiger partial charge in [-0.25, -0.2) is 0 Å². The molecular weight excluding hydrogens is 236 g/mol. The summed E-state index contributed by atoms with van der Waals surface area (Å²) in [5.41, 5.74) is 0. The van der Waals surface area contributed by atoms with Gasteiger partial charge in [-0.2, -0.15) is 0 Å². The maximum absolute atomic E-state index is 12.0. The summed E-state index contributed by atoms with van der Waals surface area (Å²) in [4.78, 5) is 37.5. The first kappa shape index (κ1) is 12.9. The Bertz CT molecular complexity index is 369. The third kappa shape index (κ3) is 2.80. The number of carbonyl (C=O) groups is 3. The molecule has 6 nitrogen and oxygen atoms in total. The van der Waals surface area contributed by atoms with Crippen LogP contribution in [0, 0.1) is 5.92 Å². The fourth-order valence-electron chi connectivity index (χ4n) is 2.48. The van der Waals surface area contributed by atoms with Crippen LogP contribution < -0.4 is 0 Å². The lowest BCUT2D eigenvalue weighted by Gasteiger charge is -2.28. The SMILES string of the molecule is O=C(O)C1CCN(C(=O)CN2CCCCC2=O)C1. The van der Waals surface area contributed by atoms with Crippen molar-refractivity contribution >= 4 is 17.8 Å². The number of hydrogen-bond donors (Lipinski definition) is 1. The molecule has 0 radical (unpaired) electrons. The number of amides is 2. The first-order valence-corrected chi connectivity index (χ1v) is 6.36. The molecule has 2 rings (SSSR count). The Labute approximate surface area is 106 Å². The Morgan fingerprint density at radius 3 is 2.67 bits per heavy atom. The van der Waals surface area contributed by atoms with Crippen LogP contribution in [-0.2, 0) is 14.4 Å². The largest absolute Gasteiger partial charge is 0.481 e. The second-order valence-corrected chi connectivity index (χ2v) is 4.94. The van der Waals surface area contributed by atoms with E-state index in [0.29, 0.717) is 25.9 Å². The topological polar surface area (TPSA) is 77.9 Å². The van der Waals surface area contributed by atoms with E-state index in [9.17, 15) is 14.4 Å². The van der Waals surface area contributed by atoms with Crippen molar-refractivity contribution in [2.75, 3.05) is 26.2 Å². The maximum atomic E-state index is 12.0. The Kier molecular flexibility index (Phi) is 3.84. The molecule has 0 aliphatic carbocycles. The summed E-state index contributed by atoms with van der Waals surface area (Å²) in [5.74, 6) is -1.40. The summed E-state index contributed by atoms with van der Waals surface area (Å²) in [6.45, 7) is 1.50. The molecule has 0 spiro atoms. The van der Waals surface area contributed by atoms with Crippen molar-refractivity contribution in [2.45, 2.75) is 25.7 Å². The van der Waals surface area contributed by atoms with Crippen molar-refractivity contribution in [3.63, 3.8) is 0 Å². The average Bonchev–Trinajstić information content (AvgIpc) is 2.81. The normalized spacial score (nSPS) is 24.4. The zero-order valence-corrected chi connectivity index (χ0v) is 10.3. The highest BCUT2D eigenvalue weighted by Gasteiger charge is 2.32. The molecule has 100 valence electrons. The lowest BCUT2D eigenvalue weighted by molar-refractivity contribution is -0.143. The molecule has 6 heteroatoms. The third-order valence-corrected chi connectivity index (χ3v) is 3.64. The molecule has 0 aromatic heterocycles. The van der Waals surface area contributed by atoms with Gasteiger partial charge >= 0.3 is 5.97 Å². The van der Waals surface area contributed by atoms with E-state index in [-0.39, 0.29) is 24.9 Å². The monoisotopic (exact) mass is 254 g/mol. The van der Waals surface area contributed by atoms with Gasteiger partial charge < -0.3 is 14.9 Å². The van der Waals surface area contributed by atoms with Crippen LogP contribution in [0.25, 0.3) is 0 Å². The van der Waals surface area contributed by atoms with Gasteiger partial charge in [0.15, 0.2) is 0 Å². The van der Waals surface area contributed by atoms with Crippen LogP contribution >= 0.6 is 0 Å². The fraction of sp³-hybridized carbons (Fsp3) is 0.750. The van der Waals surface area contributed by atoms with E-state index in [1.165, 1.54) is 0 Å². The van der Waals surface area contributed by atoms with E-state index in [0.717, 1.165) is 12.8 Å². The molecule has 0 saturated carbocycles. The summed E-state index contributed by atoms with van der Waals surface area (Å²) >= 11 is 0. The average molecular weight is 254 g/mol. The van der Waals surface area contributed by atoms with Crippen LogP contribution in [0.2, 0.25) is 0 Å². The molecule has 2 aliphatic rings. The van der Waals surface area contributed by atoms with Crippen LogP contribution in [0.3, 0.4) is 0 Å². The Balaban J connectivity index is 1.85. The highest BCUT2D eigenvalue weighted by Crippen LogP contribution is 2.17. The summed E-state index contributed by atoms with van der Waals surface area (Å²) in [5, 5.41) is 8.87. The molecule has 1 unspecified atom stereocenters. The van der Waals surface area contributed by atoms with Gasteiger partial charge in [-0.1, -0.05) is 0 Å². The van der Waals surface area contributed by atoms with Gasteiger partial charge in [-0.15, -0.1) is 0 Å². The minimum atomic E-state index is -0.848. The smallest absolute Gasteiger partial charge is 0.308 e. The van der Waals surface area contributed by atoms with Gasteiger partial charge in [0.1, 0.15) is 0 Å². The van der Waals surface area contributed by atoms with E-state index in [1.807, 2.05) is 0 Å². The molecule has 1 N–H and O–H groups in total. The molecule has 0 bridgehead atoms. The van der Waals surface area contributed by atoms with Crippen LogP contribution in [0.15, 0.2) is 0 Å². The van der Waals surface area contributed by atoms with E-state index >= 15 is 0 Å². The van der Waals surface area contributed by atoms with Crippen LogP contribution in [0.5, 0.6) is 0 Å². The highest BCUT2D eigenvalue weighted by molar-refractivity contribution is 5.85. The quantitative estimate of drug-likeness (QED) is 0.765. The zero-order chi connectivity index (χ0) is 13.1. The molecule has 1 atom stereocenters. The number of nitrogens with zero attached hydrogens (tertiary/aromatic N) is 2. The Morgan fingerprint density at radius 1 is 1.28 bits per heavy atom. The van der Waals surface area contributed by atoms with Crippen LogP contribution in [0.1, 0.15) is 25.7 Å². The van der Waals surface area contributed by atoms with Crippen molar-refractivity contribution in [1.29, 1.82) is 0 Å². The Morgan fingerprint density at radius 2 is 2.06 bits per heavy atom. The van der Waals surface area contributed by atoms with E-state index in [1.54, 1.807) is 9.80 Å². The molecule has 0 aromatic rings. The van der Waals surface area contributed by atoms with Crippen LogP contribution in [0.4, 0.5) is 0 Å². The number of hydrogen-bond acceptors (Lipinski definition) is 3. The number of rotatable bonds is 3. The van der Waals surface area contributed by atoms with Crippen molar-refractivity contribution in [3.05, 3.63) is 0 Å².